The van der Waals surface area contributed by atoms with E-state index in [4.69, 9.17) is 0 Å². The van der Waals surface area contributed by atoms with Crippen LogP contribution >= 0.6 is 11.3 Å². The quantitative estimate of drug-likeness (QED) is 0.882. The molecule has 19 heavy (non-hydrogen) atoms. The number of hydrogen-bond acceptors (Lipinski definition) is 3. The zero-order valence-corrected chi connectivity index (χ0v) is 13.9. The van der Waals surface area contributed by atoms with Crippen LogP contribution in [0.4, 0.5) is 0 Å². The van der Waals surface area contributed by atoms with E-state index in [0.29, 0.717) is 11.5 Å². The molecule has 1 aromatic rings. The van der Waals surface area contributed by atoms with E-state index in [-0.39, 0.29) is 5.41 Å². The molecule has 0 spiro atoms. The largest absolute Gasteiger partial charge is 0.309 e. The molecule has 0 radical (unpaired) electrons. The number of thiazole rings is 1. The highest BCUT2D eigenvalue weighted by Gasteiger charge is 2.27. The molecular weight excluding hydrogens is 252 g/mol. The molecule has 2 nitrogen and oxygen atoms in total. The molecule has 108 valence electrons. The number of hydrogen-bond donors (Lipinski definition) is 1. The van der Waals surface area contributed by atoms with E-state index in [1.165, 1.54) is 35.6 Å². The first-order valence-electron chi connectivity index (χ1n) is 7.45. The number of nitrogens with zero attached hydrogens (tertiary/aromatic N) is 1. The average molecular weight is 280 g/mol. The van der Waals surface area contributed by atoms with Crippen molar-refractivity contribution in [2.45, 2.75) is 78.3 Å². The average Bonchev–Trinajstić information content (AvgIpc) is 2.73. The van der Waals surface area contributed by atoms with Crippen LogP contribution in [0.5, 0.6) is 0 Å². The zero-order valence-electron chi connectivity index (χ0n) is 13.0. The smallest absolute Gasteiger partial charge is 0.0981 e. The van der Waals surface area contributed by atoms with Crippen LogP contribution in [0.25, 0.3) is 0 Å². The summed E-state index contributed by atoms with van der Waals surface area (Å²) in [4.78, 5) is 5.93. The lowest BCUT2D eigenvalue weighted by molar-refractivity contribution is 0.198. The first kappa shape index (κ1) is 15.0. The summed E-state index contributed by atoms with van der Waals surface area (Å²) in [5.74, 6) is 0. The van der Waals surface area contributed by atoms with Crippen molar-refractivity contribution in [3.63, 3.8) is 0 Å². The van der Waals surface area contributed by atoms with E-state index in [0.717, 1.165) is 6.54 Å². The Morgan fingerprint density at radius 3 is 2.74 bits per heavy atom. The fourth-order valence-corrected chi connectivity index (χ4v) is 3.77. The van der Waals surface area contributed by atoms with Gasteiger partial charge in [0.2, 0.25) is 0 Å². The van der Waals surface area contributed by atoms with Gasteiger partial charge in [-0.3, -0.25) is 0 Å². The van der Waals surface area contributed by atoms with Crippen LogP contribution in [0.1, 0.15) is 70.2 Å². The van der Waals surface area contributed by atoms with Gasteiger partial charge < -0.3 is 5.32 Å². The summed E-state index contributed by atoms with van der Waals surface area (Å²) < 4.78 is 0. The molecule has 0 bridgehead atoms. The van der Waals surface area contributed by atoms with Crippen molar-refractivity contribution in [3.8, 4) is 0 Å². The monoisotopic (exact) mass is 280 g/mol. The van der Waals surface area contributed by atoms with Crippen LogP contribution in [0, 0.1) is 5.41 Å². The van der Waals surface area contributed by atoms with Gasteiger partial charge in [0, 0.05) is 29.1 Å². The van der Waals surface area contributed by atoms with Gasteiger partial charge in [-0.25, -0.2) is 4.98 Å². The zero-order chi connectivity index (χ0) is 14.1. The normalized spacial score (nSPS) is 23.5. The minimum Gasteiger partial charge on any atom is -0.309 e. The molecule has 1 fully saturated rings. The maximum absolute atomic E-state index is 4.56. The predicted molar refractivity (Wildman–Crippen MR) is 83.7 cm³/mol. The highest BCUT2D eigenvalue weighted by atomic mass is 32.1. The van der Waals surface area contributed by atoms with Crippen molar-refractivity contribution in [1.29, 1.82) is 0 Å². The minimum atomic E-state index is 0.176. The van der Waals surface area contributed by atoms with Gasteiger partial charge in [0.25, 0.3) is 0 Å². The van der Waals surface area contributed by atoms with Crippen molar-refractivity contribution < 1.29 is 0 Å². The molecule has 1 aliphatic rings. The molecule has 1 atom stereocenters. The lowest BCUT2D eigenvalue weighted by atomic mass is 9.75. The minimum absolute atomic E-state index is 0.176. The summed E-state index contributed by atoms with van der Waals surface area (Å²) in [7, 11) is 0. The van der Waals surface area contributed by atoms with Gasteiger partial charge >= 0.3 is 0 Å². The lowest BCUT2D eigenvalue weighted by Gasteiger charge is -2.35. The summed E-state index contributed by atoms with van der Waals surface area (Å²) in [5.41, 5.74) is 0.690. The Kier molecular flexibility index (Phi) is 4.36. The topological polar surface area (TPSA) is 24.9 Å². The molecule has 0 amide bonds. The summed E-state index contributed by atoms with van der Waals surface area (Å²) in [6.07, 6.45) is 7.42. The second kappa shape index (κ2) is 5.53. The molecule has 1 aromatic heterocycles. The van der Waals surface area contributed by atoms with Crippen LogP contribution in [0.2, 0.25) is 0 Å². The summed E-state index contributed by atoms with van der Waals surface area (Å²) in [5, 5.41) is 4.97. The van der Waals surface area contributed by atoms with E-state index in [9.17, 15) is 0 Å². The standard InChI is InChI=1S/C16H28N2S/c1-15(2,3)14-18-11-13(19-14)10-17-12-7-6-8-16(4,5)9-12/h11-12,17H,6-10H2,1-5H3. The molecule has 3 heteroatoms. The summed E-state index contributed by atoms with van der Waals surface area (Å²) in [6.45, 7) is 12.5. The molecule has 0 aromatic carbocycles. The second-order valence-electron chi connectivity index (χ2n) is 7.72. The molecule has 1 saturated carbocycles. The van der Waals surface area contributed by atoms with E-state index >= 15 is 0 Å². The van der Waals surface area contributed by atoms with Crippen LogP contribution in [0.15, 0.2) is 6.20 Å². The molecule has 0 saturated heterocycles. The Morgan fingerprint density at radius 2 is 2.16 bits per heavy atom. The highest BCUT2D eigenvalue weighted by molar-refractivity contribution is 7.11. The second-order valence-corrected chi connectivity index (χ2v) is 8.84. The highest BCUT2D eigenvalue weighted by Crippen LogP contribution is 2.35. The summed E-state index contributed by atoms with van der Waals surface area (Å²) in [6, 6.07) is 0.684. The lowest BCUT2D eigenvalue weighted by Crippen LogP contribution is -2.36. The van der Waals surface area contributed by atoms with Crippen LogP contribution < -0.4 is 5.32 Å². The Labute approximate surface area is 122 Å². The fraction of sp³-hybridized carbons (Fsp3) is 0.812. The van der Waals surface area contributed by atoms with Crippen molar-refractivity contribution >= 4 is 11.3 Å². The van der Waals surface area contributed by atoms with Crippen molar-refractivity contribution in [2.24, 2.45) is 5.41 Å². The molecule has 0 aliphatic heterocycles. The third-order valence-corrected chi connectivity index (χ3v) is 5.39. The maximum atomic E-state index is 4.56. The van der Waals surface area contributed by atoms with E-state index in [2.05, 4.69) is 44.9 Å². The fourth-order valence-electron chi connectivity index (χ4n) is 2.85. The van der Waals surface area contributed by atoms with Gasteiger partial charge in [-0.15, -0.1) is 11.3 Å². The first-order valence-corrected chi connectivity index (χ1v) is 8.26. The van der Waals surface area contributed by atoms with Crippen molar-refractivity contribution in [2.75, 3.05) is 0 Å². The Balaban J connectivity index is 1.87. The molecule has 1 heterocycles. The molecule has 1 aliphatic carbocycles. The maximum Gasteiger partial charge on any atom is 0.0981 e. The van der Waals surface area contributed by atoms with Gasteiger partial charge in [-0.1, -0.05) is 41.0 Å². The van der Waals surface area contributed by atoms with Crippen molar-refractivity contribution in [3.05, 3.63) is 16.1 Å². The van der Waals surface area contributed by atoms with E-state index in [1.807, 2.05) is 17.5 Å². The summed E-state index contributed by atoms with van der Waals surface area (Å²) >= 11 is 1.85. The van der Waals surface area contributed by atoms with Gasteiger partial charge in [0.1, 0.15) is 0 Å². The Hall–Kier alpha value is -0.410. The van der Waals surface area contributed by atoms with Crippen LogP contribution in [-0.2, 0) is 12.0 Å². The van der Waals surface area contributed by atoms with Gasteiger partial charge in [-0.2, -0.15) is 0 Å². The van der Waals surface area contributed by atoms with Crippen LogP contribution in [0.3, 0.4) is 0 Å². The van der Waals surface area contributed by atoms with Gasteiger partial charge in [0.15, 0.2) is 0 Å². The third kappa shape index (κ3) is 4.28. The predicted octanol–water partition coefficient (Wildman–Crippen LogP) is 4.50. The number of aromatic nitrogens is 1. The Morgan fingerprint density at radius 1 is 1.42 bits per heavy atom. The van der Waals surface area contributed by atoms with Crippen LogP contribution in [-0.4, -0.2) is 11.0 Å². The molecule has 1 N–H and O–H groups in total. The molecular formula is C16H28N2S. The van der Waals surface area contributed by atoms with Gasteiger partial charge in [0.05, 0.1) is 5.01 Å². The molecule has 2 rings (SSSR count). The van der Waals surface area contributed by atoms with Gasteiger partial charge in [-0.05, 0) is 24.7 Å². The Bertz CT molecular complexity index is 415. The first-order chi connectivity index (χ1) is 8.76. The van der Waals surface area contributed by atoms with Crippen molar-refractivity contribution in [1.82, 2.24) is 10.3 Å². The van der Waals surface area contributed by atoms with E-state index in [1.54, 1.807) is 0 Å². The number of rotatable bonds is 3. The number of nitrogens with one attached hydrogen (secondary N) is 1. The third-order valence-electron chi connectivity index (χ3n) is 3.97. The van der Waals surface area contributed by atoms with E-state index < -0.39 is 0 Å². The SMILES string of the molecule is CC1(C)CCCC(NCc2cnc(C(C)(C)C)s2)C1. The molecule has 1 unspecified atom stereocenters.